The van der Waals surface area contributed by atoms with Crippen LogP contribution in [0.1, 0.15) is 39.0 Å². The molecule has 0 aromatic heterocycles. The van der Waals surface area contributed by atoms with E-state index in [1.54, 1.807) is 24.1 Å². The molecular weight excluding hydrogens is 316 g/mol. The Morgan fingerprint density at radius 3 is 2.68 bits per heavy atom. The molecule has 136 valence electrons. The van der Waals surface area contributed by atoms with Crippen LogP contribution in [0.15, 0.2) is 24.3 Å². The number of hydrogen-bond donors (Lipinski definition) is 1. The topological polar surface area (TPSA) is 58.6 Å². The van der Waals surface area contributed by atoms with Crippen molar-refractivity contribution in [3.8, 4) is 5.75 Å². The molecule has 1 aromatic rings. The van der Waals surface area contributed by atoms with Crippen molar-refractivity contribution in [2.75, 3.05) is 25.5 Å². The van der Waals surface area contributed by atoms with E-state index in [1.165, 1.54) is 25.7 Å². The van der Waals surface area contributed by atoms with Gasteiger partial charge in [0.1, 0.15) is 5.75 Å². The third-order valence-corrected chi connectivity index (χ3v) is 5.77. The quantitative estimate of drug-likeness (QED) is 0.825. The summed E-state index contributed by atoms with van der Waals surface area (Å²) < 4.78 is 5.25. The Balaban J connectivity index is 1.54. The Morgan fingerprint density at radius 1 is 1.24 bits per heavy atom. The minimum absolute atomic E-state index is 0.0915. The SMILES string of the molecule is CCN(CC(=O)Nc1ccccc1OC)C(=O)C[C@@H]1C[C@@H]2CC[C@@H]1C2. The Bertz CT molecular complexity index is 631. The van der Waals surface area contributed by atoms with Crippen LogP contribution in [0.4, 0.5) is 5.69 Å². The van der Waals surface area contributed by atoms with Crippen molar-refractivity contribution in [3.63, 3.8) is 0 Å². The molecule has 2 amide bonds. The molecular formula is C20H28N2O3. The maximum Gasteiger partial charge on any atom is 0.244 e. The Hall–Kier alpha value is -2.04. The van der Waals surface area contributed by atoms with Gasteiger partial charge in [-0.1, -0.05) is 18.6 Å². The van der Waals surface area contributed by atoms with Gasteiger partial charge in [-0.2, -0.15) is 0 Å². The zero-order valence-corrected chi connectivity index (χ0v) is 15.2. The van der Waals surface area contributed by atoms with Crippen LogP contribution in [0.25, 0.3) is 0 Å². The highest BCUT2D eigenvalue weighted by molar-refractivity contribution is 5.95. The molecule has 2 bridgehead atoms. The number of para-hydroxylation sites is 2. The standard InChI is InChI=1S/C20H28N2O3/c1-3-22(20(24)12-16-11-14-8-9-15(16)10-14)13-19(23)21-17-6-4-5-7-18(17)25-2/h4-7,14-16H,3,8-13H2,1-2H3,(H,21,23)/t14-,15-,16+/m1/s1. The third-order valence-electron chi connectivity index (χ3n) is 5.77. The second-order valence-corrected chi connectivity index (χ2v) is 7.30. The van der Waals surface area contributed by atoms with Gasteiger partial charge in [0.15, 0.2) is 0 Å². The van der Waals surface area contributed by atoms with Crippen LogP contribution >= 0.6 is 0 Å². The number of benzene rings is 1. The number of methoxy groups -OCH3 is 1. The van der Waals surface area contributed by atoms with Crippen molar-refractivity contribution in [1.82, 2.24) is 4.90 Å². The molecule has 2 aliphatic carbocycles. The molecule has 0 saturated heterocycles. The lowest BCUT2D eigenvalue weighted by Gasteiger charge is -2.26. The maximum absolute atomic E-state index is 12.6. The highest BCUT2D eigenvalue weighted by Gasteiger charge is 2.40. The van der Waals surface area contributed by atoms with E-state index in [4.69, 9.17) is 4.74 Å². The molecule has 3 rings (SSSR count). The van der Waals surface area contributed by atoms with E-state index < -0.39 is 0 Å². The summed E-state index contributed by atoms with van der Waals surface area (Å²) in [6, 6.07) is 7.29. The highest BCUT2D eigenvalue weighted by atomic mass is 16.5. The van der Waals surface area contributed by atoms with Crippen LogP contribution in [0.3, 0.4) is 0 Å². The normalized spacial score (nSPS) is 24.2. The number of rotatable bonds is 7. The first kappa shape index (κ1) is 17.8. The van der Waals surface area contributed by atoms with Crippen molar-refractivity contribution >= 4 is 17.5 Å². The molecule has 1 aromatic carbocycles. The lowest BCUT2D eigenvalue weighted by atomic mass is 9.86. The number of anilines is 1. The number of nitrogens with one attached hydrogen (secondary N) is 1. The molecule has 5 heteroatoms. The predicted octanol–water partition coefficient (Wildman–Crippen LogP) is 3.31. The monoisotopic (exact) mass is 344 g/mol. The fourth-order valence-electron chi connectivity index (χ4n) is 4.47. The van der Waals surface area contributed by atoms with Gasteiger partial charge in [0.25, 0.3) is 0 Å². The number of hydrogen-bond acceptors (Lipinski definition) is 3. The molecule has 1 N–H and O–H groups in total. The number of carbonyl (C=O) groups excluding carboxylic acids is 2. The molecule has 0 radical (unpaired) electrons. The third kappa shape index (κ3) is 4.14. The van der Waals surface area contributed by atoms with E-state index in [9.17, 15) is 9.59 Å². The van der Waals surface area contributed by atoms with E-state index >= 15 is 0 Å². The molecule has 0 heterocycles. The van der Waals surface area contributed by atoms with Crippen LogP contribution in [0.2, 0.25) is 0 Å². The number of fused-ring (bicyclic) bond motifs is 2. The van der Waals surface area contributed by atoms with Gasteiger partial charge in [0.2, 0.25) is 11.8 Å². The number of amides is 2. The summed E-state index contributed by atoms with van der Waals surface area (Å²) in [6.07, 6.45) is 5.72. The van der Waals surface area contributed by atoms with Crippen LogP contribution in [0, 0.1) is 17.8 Å². The summed E-state index contributed by atoms with van der Waals surface area (Å²) in [4.78, 5) is 26.7. The summed E-state index contributed by atoms with van der Waals surface area (Å²) in [5.74, 6) is 2.63. The van der Waals surface area contributed by atoms with Crippen LogP contribution in [-0.2, 0) is 9.59 Å². The number of likely N-dealkylation sites (N-methyl/N-ethyl adjacent to an activating group) is 1. The van der Waals surface area contributed by atoms with Gasteiger partial charge >= 0.3 is 0 Å². The average Bonchev–Trinajstić information content (AvgIpc) is 3.23. The molecule has 2 saturated carbocycles. The molecule has 5 nitrogen and oxygen atoms in total. The molecule has 0 unspecified atom stereocenters. The summed E-state index contributed by atoms with van der Waals surface area (Å²) in [7, 11) is 1.57. The van der Waals surface area contributed by atoms with Crippen LogP contribution in [0.5, 0.6) is 5.75 Å². The molecule has 25 heavy (non-hydrogen) atoms. The molecule has 2 fully saturated rings. The molecule has 0 aliphatic heterocycles. The smallest absolute Gasteiger partial charge is 0.244 e. The zero-order chi connectivity index (χ0) is 17.8. The average molecular weight is 344 g/mol. The van der Waals surface area contributed by atoms with Crippen LogP contribution in [-0.4, -0.2) is 36.9 Å². The first-order valence-corrected chi connectivity index (χ1v) is 9.31. The van der Waals surface area contributed by atoms with Gasteiger partial charge in [0, 0.05) is 13.0 Å². The largest absolute Gasteiger partial charge is 0.495 e. The number of ether oxygens (including phenoxy) is 1. The fourth-order valence-corrected chi connectivity index (χ4v) is 4.47. The lowest BCUT2D eigenvalue weighted by molar-refractivity contribution is -0.135. The van der Waals surface area contributed by atoms with Crippen molar-refractivity contribution in [2.24, 2.45) is 17.8 Å². The first-order chi connectivity index (χ1) is 12.1. The van der Waals surface area contributed by atoms with Crippen molar-refractivity contribution in [2.45, 2.75) is 39.0 Å². The summed E-state index contributed by atoms with van der Waals surface area (Å²) in [5, 5.41) is 2.84. The van der Waals surface area contributed by atoms with E-state index in [0.717, 1.165) is 11.8 Å². The van der Waals surface area contributed by atoms with Gasteiger partial charge in [-0.05, 0) is 56.1 Å². The maximum atomic E-state index is 12.6. The number of carbonyl (C=O) groups is 2. The Labute approximate surface area is 149 Å². The highest BCUT2D eigenvalue weighted by Crippen LogP contribution is 2.49. The van der Waals surface area contributed by atoms with Crippen LogP contribution < -0.4 is 10.1 Å². The van der Waals surface area contributed by atoms with E-state index in [2.05, 4.69) is 5.32 Å². The number of nitrogens with zero attached hydrogens (tertiary/aromatic N) is 1. The van der Waals surface area contributed by atoms with Crippen molar-refractivity contribution in [3.05, 3.63) is 24.3 Å². The second-order valence-electron chi connectivity index (χ2n) is 7.30. The van der Waals surface area contributed by atoms with E-state index in [1.807, 2.05) is 19.1 Å². The predicted molar refractivity (Wildman–Crippen MR) is 97.4 cm³/mol. The van der Waals surface area contributed by atoms with Crippen molar-refractivity contribution < 1.29 is 14.3 Å². The zero-order valence-electron chi connectivity index (χ0n) is 15.2. The second kappa shape index (κ2) is 7.89. The molecule has 3 atom stereocenters. The van der Waals surface area contributed by atoms with Gasteiger partial charge in [-0.3, -0.25) is 9.59 Å². The Morgan fingerprint density at radius 2 is 2.04 bits per heavy atom. The fraction of sp³-hybridized carbons (Fsp3) is 0.600. The van der Waals surface area contributed by atoms with Gasteiger partial charge in [-0.15, -0.1) is 0 Å². The van der Waals surface area contributed by atoms with Crippen molar-refractivity contribution in [1.29, 1.82) is 0 Å². The minimum Gasteiger partial charge on any atom is -0.495 e. The summed E-state index contributed by atoms with van der Waals surface area (Å²) >= 11 is 0. The van der Waals surface area contributed by atoms with E-state index in [-0.39, 0.29) is 18.4 Å². The lowest BCUT2D eigenvalue weighted by Crippen LogP contribution is -2.39. The first-order valence-electron chi connectivity index (χ1n) is 9.31. The molecule has 0 spiro atoms. The summed E-state index contributed by atoms with van der Waals surface area (Å²) in [6.45, 7) is 2.57. The minimum atomic E-state index is -0.187. The van der Waals surface area contributed by atoms with Gasteiger partial charge in [-0.25, -0.2) is 0 Å². The van der Waals surface area contributed by atoms with Gasteiger partial charge < -0.3 is 15.0 Å². The Kier molecular flexibility index (Phi) is 5.61. The molecule has 2 aliphatic rings. The van der Waals surface area contributed by atoms with E-state index in [0.29, 0.717) is 30.3 Å². The van der Waals surface area contributed by atoms with Gasteiger partial charge in [0.05, 0.1) is 19.3 Å². The summed E-state index contributed by atoms with van der Waals surface area (Å²) in [5.41, 5.74) is 0.631.